The number of aromatic hydroxyl groups is 1. The minimum absolute atomic E-state index is 0.0237. The van der Waals surface area contributed by atoms with Crippen molar-refractivity contribution in [3.8, 4) is 11.5 Å². The van der Waals surface area contributed by atoms with E-state index in [9.17, 15) is 13.9 Å². The lowest BCUT2D eigenvalue weighted by atomic mass is 10.2. The fourth-order valence-electron chi connectivity index (χ4n) is 1.54. The van der Waals surface area contributed by atoms with Crippen molar-refractivity contribution in [2.45, 2.75) is 0 Å². The van der Waals surface area contributed by atoms with Crippen molar-refractivity contribution in [1.82, 2.24) is 0 Å². The van der Waals surface area contributed by atoms with E-state index in [1.165, 1.54) is 25.5 Å². The number of anilines is 1. The van der Waals surface area contributed by atoms with Gasteiger partial charge in [-0.2, -0.15) is 5.10 Å². The maximum absolute atomic E-state index is 13.3. The smallest absolute Gasteiger partial charge is 0.160 e. The van der Waals surface area contributed by atoms with E-state index in [-0.39, 0.29) is 11.4 Å². The zero-order valence-corrected chi connectivity index (χ0v) is 10.6. The molecule has 0 spiro atoms. The number of nitrogens with one attached hydrogen (secondary N) is 1. The largest absolute Gasteiger partial charge is 0.504 e. The molecule has 0 aromatic heterocycles. The maximum atomic E-state index is 13.3. The number of hydrazone groups is 1. The molecule has 2 N–H and O–H groups in total. The summed E-state index contributed by atoms with van der Waals surface area (Å²) in [4.78, 5) is 0. The van der Waals surface area contributed by atoms with E-state index >= 15 is 0 Å². The highest BCUT2D eigenvalue weighted by atomic mass is 19.1. The van der Waals surface area contributed by atoms with Crippen LogP contribution in [0.15, 0.2) is 41.5 Å². The SMILES string of the molecule is COc1ccc(/C=N\Nc2ccc(F)cc2F)cc1O. The summed E-state index contributed by atoms with van der Waals surface area (Å²) in [6.07, 6.45) is 1.39. The average molecular weight is 278 g/mol. The molecule has 0 aliphatic carbocycles. The number of rotatable bonds is 4. The third kappa shape index (κ3) is 3.23. The Morgan fingerprint density at radius 1 is 1.20 bits per heavy atom. The second kappa shape index (κ2) is 6.01. The Balaban J connectivity index is 2.08. The second-order valence-corrected chi connectivity index (χ2v) is 3.93. The number of halogens is 2. The van der Waals surface area contributed by atoms with E-state index in [0.717, 1.165) is 12.1 Å². The molecular formula is C14H12F2N2O2. The van der Waals surface area contributed by atoms with E-state index in [1.807, 2.05) is 0 Å². The van der Waals surface area contributed by atoms with Crippen molar-refractivity contribution in [2.75, 3.05) is 12.5 Å². The van der Waals surface area contributed by atoms with Gasteiger partial charge in [-0.05, 0) is 35.9 Å². The lowest BCUT2D eigenvalue weighted by molar-refractivity contribution is 0.373. The van der Waals surface area contributed by atoms with Crippen LogP contribution >= 0.6 is 0 Å². The maximum Gasteiger partial charge on any atom is 0.160 e. The number of hydrogen-bond acceptors (Lipinski definition) is 4. The van der Waals surface area contributed by atoms with Crippen molar-refractivity contribution >= 4 is 11.9 Å². The van der Waals surface area contributed by atoms with Gasteiger partial charge in [-0.3, -0.25) is 5.43 Å². The van der Waals surface area contributed by atoms with E-state index in [0.29, 0.717) is 11.3 Å². The molecule has 0 aliphatic heterocycles. The summed E-state index contributed by atoms with van der Waals surface area (Å²) in [7, 11) is 1.45. The zero-order chi connectivity index (χ0) is 14.5. The highest BCUT2D eigenvalue weighted by Crippen LogP contribution is 2.25. The number of hydrogen-bond donors (Lipinski definition) is 2. The first kappa shape index (κ1) is 13.8. The molecule has 104 valence electrons. The Morgan fingerprint density at radius 3 is 2.65 bits per heavy atom. The second-order valence-electron chi connectivity index (χ2n) is 3.93. The molecule has 4 nitrogen and oxygen atoms in total. The predicted octanol–water partition coefficient (Wildman–Crippen LogP) is 3.13. The number of benzene rings is 2. The van der Waals surface area contributed by atoms with E-state index < -0.39 is 11.6 Å². The molecule has 2 aromatic carbocycles. The zero-order valence-electron chi connectivity index (χ0n) is 10.6. The van der Waals surface area contributed by atoms with Crippen LogP contribution in [0.5, 0.6) is 11.5 Å². The number of nitrogens with zero attached hydrogens (tertiary/aromatic N) is 1. The van der Waals surface area contributed by atoms with Crippen LogP contribution in [0.1, 0.15) is 5.56 Å². The Kier molecular flexibility index (Phi) is 4.14. The van der Waals surface area contributed by atoms with Gasteiger partial charge in [0.05, 0.1) is 19.0 Å². The topological polar surface area (TPSA) is 53.8 Å². The Labute approximate surface area is 114 Å². The highest BCUT2D eigenvalue weighted by Gasteiger charge is 2.02. The van der Waals surface area contributed by atoms with Crippen LogP contribution in [0.2, 0.25) is 0 Å². The van der Waals surface area contributed by atoms with Gasteiger partial charge in [0.2, 0.25) is 0 Å². The molecule has 2 aromatic rings. The first-order chi connectivity index (χ1) is 9.60. The summed E-state index contributed by atoms with van der Waals surface area (Å²) < 4.78 is 30.9. The average Bonchev–Trinajstić information content (AvgIpc) is 2.41. The first-order valence-corrected chi connectivity index (χ1v) is 5.71. The third-order valence-electron chi connectivity index (χ3n) is 2.53. The quantitative estimate of drug-likeness (QED) is 0.667. The molecule has 0 radical (unpaired) electrons. The van der Waals surface area contributed by atoms with Gasteiger partial charge in [-0.1, -0.05) is 0 Å². The number of phenolic OH excluding ortho intramolecular Hbond substituents is 1. The van der Waals surface area contributed by atoms with Crippen LogP contribution in [-0.2, 0) is 0 Å². The molecule has 2 rings (SSSR count). The van der Waals surface area contributed by atoms with E-state index in [4.69, 9.17) is 4.74 Å². The van der Waals surface area contributed by atoms with Crippen molar-refractivity contribution in [3.05, 3.63) is 53.6 Å². The van der Waals surface area contributed by atoms with Crippen LogP contribution in [0.4, 0.5) is 14.5 Å². The molecule has 0 saturated heterocycles. The van der Waals surface area contributed by atoms with Crippen LogP contribution in [0.25, 0.3) is 0 Å². The van der Waals surface area contributed by atoms with Crippen LogP contribution in [0.3, 0.4) is 0 Å². The number of phenols is 1. The van der Waals surface area contributed by atoms with Crippen molar-refractivity contribution in [2.24, 2.45) is 5.10 Å². The molecule has 0 fully saturated rings. The molecule has 0 aliphatic rings. The molecular weight excluding hydrogens is 266 g/mol. The van der Waals surface area contributed by atoms with Gasteiger partial charge in [-0.25, -0.2) is 8.78 Å². The molecule has 20 heavy (non-hydrogen) atoms. The van der Waals surface area contributed by atoms with Crippen LogP contribution in [0, 0.1) is 11.6 Å². The minimum atomic E-state index is -0.736. The van der Waals surface area contributed by atoms with Crippen molar-refractivity contribution in [3.63, 3.8) is 0 Å². The molecule has 6 heteroatoms. The summed E-state index contributed by atoms with van der Waals surface area (Å²) >= 11 is 0. The standard InChI is InChI=1S/C14H12F2N2O2/c1-20-14-5-2-9(6-13(14)19)8-17-18-12-4-3-10(15)7-11(12)16/h2-8,18-19H,1H3/b17-8-. The lowest BCUT2D eigenvalue weighted by Crippen LogP contribution is -1.94. The predicted molar refractivity (Wildman–Crippen MR) is 72.2 cm³/mol. The summed E-state index contributed by atoms with van der Waals surface area (Å²) in [5, 5.41) is 13.4. The minimum Gasteiger partial charge on any atom is -0.504 e. The van der Waals surface area contributed by atoms with Gasteiger partial charge >= 0.3 is 0 Å². The van der Waals surface area contributed by atoms with E-state index in [2.05, 4.69) is 10.5 Å². The van der Waals surface area contributed by atoms with Crippen molar-refractivity contribution in [1.29, 1.82) is 0 Å². The Bertz CT molecular complexity index is 645. The summed E-state index contributed by atoms with van der Waals surface area (Å²) in [6, 6.07) is 7.83. The molecule has 0 saturated carbocycles. The summed E-state index contributed by atoms with van der Waals surface area (Å²) in [6.45, 7) is 0. The summed E-state index contributed by atoms with van der Waals surface area (Å²) in [5.41, 5.74) is 3.10. The van der Waals surface area contributed by atoms with Crippen molar-refractivity contribution < 1.29 is 18.6 Å². The molecule has 0 unspecified atom stereocenters. The number of ether oxygens (including phenoxy) is 1. The van der Waals surface area contributed by atoms with Gasteiger partial charge < -0.3 is 9.84 Å². The molecule has 0 amide bonds. The van der Waals surface area contributed by atoms with Gasteiger partial charge in [0.15, 0.2) is 17.3 Å². The Morgan fingerprint density at radius 2 is 2.00 bits per heavy atom. The first-order valence-electron chi connectivity index (χ1n) is 5.71. The fourth-order valence-corrected chi connectivity index (χ4v) is 1.54. The normalized spacial score (nSPS) is 10.8. The van der Waals surface area contributed by atoms with Gasteiger partial charge in [-0.15, -0.1) is 0 Å². The van der Waals surface area contributed by atoms with Gasteiger partial charge in [0.25, 0.3) is 0 Å². The van der Waals surface area contributed by atoms with Gasteiger partial charge in [0, 0.05) is 6.07 Å². The molecule has 0 bridgehead atoms. The Hall–Kier alpha value is -2.63. The van der Waals surface area contributed by atoms with Crippen LogP contribution in [-0.4, -0.2) is 18.4 Å². The summed E-state index contributed by atoms with van der Waals surface area (Å²) in [5.74, 6) is -1.07. The van der Waals surface area contributed by atoms with Gasteiger partial charge in [0.1, 0.15) is 5.82 Å². The molecule has 0 heterocycles. The monoisotopic (exact) mass is 278 g/mol. The lowest BCUT2D eigenvalue weighted by Gasteiger charge is -2.04. The molecule has 0 atom stereocenters. The van der Waals surface area contributed by atoms with E-state index in [1.54, 1.807) is 12.1 Å². The van der Waals surface area contributed by atoms with Crippen LogP contribution < -0.4 is 10.2 Å². The number of methoxy groups -OCH3 is 1. The third-order valence-corrected chi connectivity index (χ3v) is 2.53. The fraction of sp³-hybridized carbons (Fsp3) is 0.0714. The highest BCUT2D eigenvalue weighted by molar-refractivity contribution is 5.81.